The summed E-state index contributed by atoms with van der Waals surface area (Å²) in [6.45, 7) is 0. The van der Waals surface area contributed by atoms with Crippen molar-refractivity contribution in [3.8, 4) is 0 Å². The van der Waals surface area contributed by atoms with Crippen LogP contribution in [0.5, 0.6) is 0 Å². The van der Waals surface area contributed by atoms with E-state index in [-0.39, 0.29) is 5.91 Å². The number of likely N-dealkylation sites (N-methyl/N-ethyl adjacent to an activating group) is 1. The molecule has 0 unspecified atom stereocenters. The van der Waals surface area contributed by atoms with Gasteiger partial charge in [-0.05, 0) is 18.9 Å². The van der Waals surface area contributed by atoms with Crippen molar-refractivity contribution < 1.29 is 4.79 Å². The summed E-state index contributed by atoms with van der Waals surface area (Å²) in [6.07, 6.45) is 12.2. The Hall–Kier alpha value is -1.16. The quantitative estimate of drug-likeness (QED) is 0.789. The predicted octanol–water partition coefficient (Wildman–Crippen LogP) is 3.73. The third-order valence-corrected chi connectivity index (χ3v) is 4.42. The highest BCUT2D eigenvalue weighted by atomic mass is 32.1. The van der Waals surface area contributed by atoms with Crippen LogP contribution in [0.1, 0.15) is 50.6 Å². The largest absolute Gasteiger partial charge is 0.339 e. The molecular weight excluding hydrogens is 256 g/mol. The van der Waals surface area contributed by atoms with Crippen molar-refractivity contribution in [3.63, 3.8) is 0 Å². The van der Waals surface area contributed by atoms with Crippen LogP contribution in [-0.4, -0.2) is 28.9 Å². The van der Waals surface area contributed by atoms with Gasteiger partial charge in [0.1, 0.15) is 0 Å². The summed E-state index contributed by atoms with van der Waals surface area (Å²) in [5.41, 5.74) is 2.65. The van der Waals surface area contributed by atoms with Crippen molar-refractivity contribution in [2.75, 3.05) is 7.05 Å². The summed E-state index contributed by atoms with van der Waals surface area (Å²) in [5, 5.41) is 1.94. The van der Waals surface area contributed by atoms with Crippen molar-refractivity contribution in [1.82, 2.24) is 9.88 Å². The second kappa shape index (κ2) is 7.43. The number of amides is 1. The van der Waals surface area contributed by atoms with E-state index in [2.05, 4.69) is 4.98 Å². The minimum atomic E-state index is 0.0959. The molecule has 0 saturated heterocycles. The molecule has 0 atom stereocenters. The first-order chi connectivity index (χ1) is 9.27. The minimum Gasteiger partial charge on any atom is -0.339 e. The predicted molar refractivity (Wildman–Crippen MR) is 80.0 cm³/mol. The molecule has 3 nitrogen and oxygen atoms in total. The maximum Gasteiger partial charge on any atom is 0.246 e. The highest BCUT2D eigenvalue weighted by Gasteiger charge is 2.18. The van der Waals surface area contributed by atoms with Crippen molar-refractivity contribution in [2.45, 2.75) is 51.0 Å². The van der Waals surface area contributed by atoms with E-state index in [1.165, 1.54) is 32.1 Å². The van der Waals surface area contributed by atoms with Gasteiger partial charge in [-0.3, -0.25) is 4.79 Å². The molecule has 0 radical (unpaired) electrons. The lowest BCUT2D eigenvalue weighted by Gasteiger charge is -2.28. The Balaban J connectivity index is 1.89. The Morgan fingerprint density at radius 3 is 2.63 bits per heavy atom. The van der Waals surface area contributed by atoms with Gasteiger partial charge in [-0.15, -0.1) is 11.3 Å². The Labute approximate surface area is 119 Å². The fourth-order valence-electron chi connectivity index (χ4n) is 2.58. The molecule has 1 aromatic heterocycles. The van der Waals surface area contributed by atoms with Crippen LogP contribution in [0, 0.1) is 0 Å². The summed E-state index contributed by atoms with van der Waals surface area (Å²) in [5.74, 6) is 0.0959. The molecule has 0 aliphatic heterocycles. The number of nitrogens with zero attached hydrogens (tertiary/aromatic N) is 2. The zero-order valence-corrected chi connectivity index (χ0v) is 12.4. The maximum atomic E-state index is 12.2. The van der Waals surface area contributed by atoms with Gasteiger partial charge in [0.2, 0.25) is 5.91 Å². The van der Waals surface area contributed by atoms with Crippen LogP contribution in [0.2, 0.25) is 0 Å². The molecule has 1 aromatic rings. The molecule has 1 saturated carbocycles. The van der Waals surface area contributed by atoms with Gasteiger partial charge in [-0.25, -0.2) is 4.98 Å². The lowest BCUT2D eigenvalue weighted by Crippen LogP contribution is -2.36. The highest BCUT2D eigenvalue weighted by molar-refractivity contribution is 7.07. The summed E-state index contributed by atoms with van der Waals surface area (Å²) < 4.78 is 0. The van der Waals surface area contributed by atoms with E-state index in [0.717, 1.165) is 18.5 Å². The summed E-state index contributed by atoms with van der Waals surface area (Å²) in [6, 6.07) is 0.410. The van der Waals surface area contributed by atoms with Crippen molar-refractivity contribution >= 4 is 23.3 Å². The smallest absolute Gasteiger partial charge is 0.246 e. The number of rotatable bonds is 3. The normalized spacial score (nSPS) is 18.2. The van der Waals surface area contributed by atoms with Gasteiger partial charge in [0, 0.05) is 24.5 Å². The first-order valence-corrected chi connectivity index (χ1v) is 8.05. The molecule has 1 amide bonds. The molecule has 1 heterocycles. The van der Waals surface area contributed by atoms with Gasteiger partial charge < -0.3 is 4.90 Å². The molecule has 0 N–H and O–H groups in total. The zero-order chi connectivity index (χ0) is 13.5. The van der Waals surface area contributed by atoms with Gasteiger partial charge in [0.05, 0.1) is 11.2 Å². The minimum absolute atomic E-state index is 0.0959. The first kappa shape index (κ1) is 14.3. The van der Waals surface area contributed by atoms with Crippen molar-refractivity contribution in [2.24, 2.45) is 0 Å². The third kappa shape index (κ3) is 4.46. The van der Waals surface area contributed by atoms with Crippen LogP contribution in [-0.2, 0) is 4.79 Å². The van der Waals surface area contributed by atoms with Crippen molar-refractivity contribution in [1.29, 1.82) is 0 Å². The Bertz CT molecular complexity index is 406. The number of aromatic nitrogens is 1. The lowest BCUT2D eigenvalue weighted by molar-refractivity contribution is -0.127. The van der Waals surface area contributed by atoms with Gasteiger partial charge in [-0.1, -0.05) is 32.1 Å². The zero-order valence-electron chi connectivity index (χ0n) is 11.5. The SMILES string of the molecule is CN(C(=O)C=Cc1cscn1)C1CCCCCCC1. The summed E-state index contributed by atoms with van der Waals surface area (Å²) >= 11 is 1.55. The average Bonchev–Trinajstić information content (AvgIpc) is 2.88. The number of thiazole rings is 1. The van der Waals surface area contributed by atoms with E-state index in [9.17, 15) is 4.79 Å². The van der Waals surface area contributed by atoms with Gasteiger partial charge in [0.15, 0.2) is 0 Å². The molecule has 1 fully saturated rings. The number of carbonyl (C=O) groups is 1. The molecule has 1 aliphatic rings. The topological polar surface area (TPSA) is 33.2 Å². The van der Waals surface area contributed by atoms with E-state index < -0.39 is 0 Å². The van der Waals surface area contributed by atoms with Crippen molar-refractivity contribution in [3.05, 3.63) is 22.7 Å². The molecule has 104 valence electrons. The highest BCUT2D eigenvalue weighted by Crippen LogP contribution is 2.20. The van der Waals surface area contributed by atoms with E-state index in [4.69, 9.17) is 0 Å². The van der Waals surface area contributed by atoms with Gasteiger partial charge in [0.25, 0.3) is 0 Å². The van der Waals surface area contributed by atoms with Crippen LogP contribution >= 0.6 is 11.3 Å². The van der Waals surface area contributed by atoms with E-state index in [1.807, 2.05) is 17.3 Å². The molecule has 1 aliphatic carbocycles. The number of hydrogen-bond donors (Lipinski definition) is 0. The molecule has 2 rings (SSSR count). The molecule has 0 aromatic carbocycles. The van der Waals surface area contributed by atoms with Gasteiger partial charge >= 0.3 is 0 Å². The van der Waals surface area contributed by atoms with E-state index >= 15 is 0 Å². The molecule has 19 heavy (non-hydrogen) atoms. The maximum absolute atomic E-state index is 12.2. The van der Waals surface area contributed by atoms with E-state index in [0.29, 0.717) is 6.04 Å². The molecule has 0 spiro atoms. The monoisotopic (exact) mass is 278 g/mol. The first-order valence-electron chi connectivity index (χ1n) is 7.10. The number of carbonyl (C=O) groups excluding carboxylic acids is 1. The standard InChI is InChI=1S/C15H22N2OS/c1-17(14-7-5-3-2-4-6-8-14)15(18)10-9-13-11-19-12-16-13/h9-12,14H,2-8H2,1H3. The Kier molecular flexibility index (Phi) is 5.58. The van der Waals surface area contributed by atoms with Gasteiger partial charge in [-0.2, -0.15) is 0 Å². The van der Waals surface area contributed by atoms with Crippen LogP contribution in [0.3, 0.4) is 0 Å². The van der Waals surface area contributed by atoms with E-state index in [1.54, 1.807) is 29.0 Å². The molecular formula is C15H22N2OS. The van der Waals surface area contributed by atoms with Crippen LogP contribution in [0.25, 0.3) is 6.08 Å². The molecule has 0 bridgehead atoms. The fourth-order valence-corrected chi connectivity index (χ4v) is 3.10. The van der Waals surface area contributed by atoms with Crippen LogP contribution < -0.4 is 0 Å². The van der Waals surface area contributed by atoms with Crippen LogP contribution in [0.15, 0.2) is 17.0 Å². The Morgan fingerprint density at radius 1 is 1.32 bits per heavy atom. The summed E-state index contributed by atoms with van der Waals surface area (Å²) in [4.78, 5) is 18.2. The average molecular weight is 278 g/mol. The lowest BCUT2D eigenvalue weighted by atomic mass is 9.96. The fraction of sp³-hybridized carbons (Fsp3) is 0.600. The second-order valence-electron chi connectivity index (χ2n) is 5.19. The third-order valence-electron chi connectivity index (χ3n) is 3.82. The summed E-state index contributed by atoms with van der Waals surface area (Å²) in [7, 11) is 1.93. The molecule has 4 heteroatoms. The second-order valence-corrected chi connectivity index (χ2v) is 5.91. The Morgan fingerprint density at radius 2 is 2.00 bits per heavy atom. The number of hydrogen-bond acceptors (Lipinski definition) is 3. The van der Waals surface area contributed by atoms with Crippen LogP contribution in [0.4, 0.5) is 0 Å².